The fourth-order valence-electron chi connectivity index (χ4n) is 3.39. The van der Waals surface area contributed by atoms with E-state index in [1.54, 1.807) is 49.6 Å². The van der Waals surface area contributed by atoms with E-state index in [0.29, 0.717) is 45.9 Å². The van der Waals surface area contributed by atoms with Crippen LogP contribution in [0.2, 0.25) is 5.02 Å². The second-order valence-electron chi connectivity index (χ2n) is 7.57. The molecule has 4 aromatic rings. The molecule has 34 heavy (non-hydrogen) atoms. The molecule has 1 amide bonds. The zero-order valence-electron chi connectivity index (χ0n) is 18.3. The first-order valence-electron chi connectivity index (χ1n) is 10.5. The van der Waals surface area contributed by atoms with Crippen LogP contribution in [0.25, 0.3) is 22.9 Å². The van der Waals surface area contributed by atoms with Gasteiger partial charge in [0.25, 0.3) is 11.5 Å². The summed E-state index contributed by atoms with van der Waals surface area (Å²) in [4.78, 5) is 32.1. The van der Waals surface area contributed by atoms with Crippen LogP contribution >= 0.6 is 11.6 Å². The van der Waals surface area contributed by atoms with E-state index in [2.05, 4.69) is 15.3 Å². The number of aromatic amines is 1. The van der Waals surface area contributed by atoms with Gasteiger partial charge in [-0.05, 0) is 66.6 Å². The Morgan fingerprint density at radius 1 is 1.09 bits per heavy atom. The van der Waals surface area contributed by atoms with Crippen molar-refractivity contribution in [2.24, 2.45) is 0 Å². The highest BCUT2D eigenvalue weighted by Gasteiger charge is 2.10. The molecule has 0 aliphatic rings. The van der Waals surface area contributed by atoms with E-state index in [4.69, 9.17) is 16.3 Å². The highest BCUT2D eigenvalue weighted by Crippen LogP contribution is 2.19. The fourth-order valence-corrected chi connectivity index (χ4v) is 3.51. The first-order valence-corrected chi connectivity index (χ1v) is 10.9. The topological polar surface area (TPSA) is 104 Å². The number of methoxy groups -OCH3 is 1. The highest BCUT2D eigenvalue weighted by atomic mass is 35.5. The van der Waals surface area contributed by atoms with Gasteiger partial charge in [-0.1, -0.05) is 23.7 Å². The maximum atomic E-state index is 12.5. The van der Waals surface area contributed by atoms with E-state index >= 15 is 0 Å². The number of aliphatic hydroxyl groups is 1. The number of halogens is 1. The molecular weight excluding hydrogens is 454 g/mol. The quantitative estimate of drug-likeness (QED) is 0.338. The van der Waals surface area contributed by atoms with Gasteiger partial charge in [0.05, 0.1) is 18.1 Å². The van der Waals surface area contributed by atoms with Gasteiger partial charge in [0.2, 0.25) is 0 Å². The Labute approximate surface area is 200 Å². The number of aromatic nitrogens is 2. The van der Waals surface area contributed by atoms with E-state index in [9.17, 15) is 14.7 Å². The lowest BCUT2D eigenvalue weighted by Gasteiger charge is -2.07. The van der Waals surface area contributed by atoms with E-state index in [-0.39, 0.29) is 17.4 Å². The minimum Gasteiger partial charge on any atom is -0.507 e. The van der Waals surface area contributed by atoms with Crippen molar-refractivity contribution in [2.45, 2.75) is 6.42 Å². The van der Waals surface area contributed by atoms with Gasteiger partial charge in [0.1, 0.15) is 17.2 Å². The minimum atomic E-state index is -0.479. The summed E-state index contributed by atoms with van der Waals surface area (Å²) in [5.41, 5.74) is 2.49. The third-order valence-corrected chi connectivity index (χ3v) is 5.50. The summed E-state index contributed by atoms with van der Waals surface area (Å²) in [7, 11) is 1.56. The van der Waals surface area contributed by atoms with Gasteiger partial charge < -0.3 is 20.1 Å². The molecule has 0 radical (unpaired) electrons. The number of benzene rings is 3. The summed E-state index contributed by atoms with van der Waals surface area (Å²) in [6.45, 7) is 0.460. The molecule has 0 saturated heterocycles. The number of nitrogens with one attached hydrogen (secondary N) is 2. The van der Waals surface area contributed by atoms with Crippen molar-refractivity contribution in [1.82, 2.24) is 15.3 Å². The van der Waals surface area contributed by atoms with Crippen molar-refractivity contribution in [3.8, 4) is 5.75 Å². The van der Waals surface area contributed by atoms with Gasteiger partial charge >= 0.3 is 0 Å². The van der Waals surface area contributed by atoms with Crippen molar-refractivity contribution < 1.29 is 14.6 Å². The number of rotatable bonds is 7. The summed E-state index contributed by atoms with van der Waals surface area (Å²) >= 11 is 5.89. The Hall–Kier alpha value is -4.10. The number of ether oxygens (including phenoxy) is 1. The van der Waals surface area contributed by atoms with E-state index in [1.165, 1.54) is 6.08 Å². The first-order chi connectivity index (χ1) is 16.4. The molecule has 7 nitrogen and oxygen atoms in total. The molecule has 3 N–H and O–H groups in total. The molecule has 0 aliphatic heterocycles. The monoisotopic (exact) mass is 475 g/mol. The van der Waals surface area contributed by atoms with Crippen LogP contribution in [0, 0.1) is 0 Å². The highest BCUT2D eigenvalue weighted by molar-refractivity contribution is 6.30. The van der Waals surface area contributed by atoms with E-state index in [0.717, 1.165) is 5.56 Å². The minimum absolute atomic E-state index is 0.0565. The van der Waals surface area contributed by atoms with Crippen molar-refractivity contribution in [1.29, 1.82) is 0 Å². The normalized spacial score (nSPS) is 11.4. The summed E-state index contributed by atoms with van der Waals surface area (Å²) in [6, 6.07) is 19.1. The molecule has 1 heterocycles. The molecule has 0 spiro atoms. The Kier molecular flexibility index (Phi) is 6.94. The lowest BCUT2D eigenvalue weighted by atomic mass is 10.1. The molecule has 1 aromatic heterocycles. The number of aliphatic hydroxyl groups excluding tert-OH is 1. The number of hydrogen-bond acceptors (Lipinski definition) is 5. The summed E-state index contributed by atoms with van der Waals surface area (Å²) in [5.74, 6) is 0.303. The van der Waals surface area contributed by atoms with Crippen molar-refractivity contribution in [3.63, 3.8) is 0 Å². The summed E-state index contributed by atoms with van der Waals surface area (Å²) in [6.07, 6.45) is 1.97. The maximum Gasteiger partial charge on any atom is 0.274 e. The average Bonchev–Trinajstić information content (AvgIpc) is 2.85. The zero-order chi connectivity index (χ0) is 24.1. The number of fused-ring (bicyclic) bond motifs is 1. The van der Waals surface area contributed by atoms with Gasteiger partial charge in [-0.3, -0.25) is 9.59 Å². The number of nitrogens with zero attached hydrogens (tertiary/aromatic N) is 1. The smallest absolute Gasteiger partial charge is 0.274 e. The number of H-pyrrole nitrogens is 1. The lowest BCUT2D eigenvalue weighted by Crippen LogP contribution is -2.25. The van der Waals surface area contributed by atoms with Crippen LogP contribution in [0.5, 0.6) is 5.75 Å². The molecule has 3 aromatic carbocycles. The second kappa shape index (κ2) is 10.2. The molecule has 0 fully saturated rings. The summed E-state index contributed by atoms with van der Waals surface area (Å²) < 4.78 is 5.11. The van der Waals surface area contributed by atoms with Crippen LogP contribution in [0.3, 0.4) is 0 Å². The number of hydrogen-bond donors (Lipinski definition) is 3. The first kappa shape index (κ1) is 23.1. The van der Waals surface area contributed by atoms with E-state index in [1.807, 2.05) is 24.3 Å². The second-order valence-corrected chi connectivity index (χ2v) is 8.01. The Morgan fingerprint density at radius 3 is 2.50 bits per heavy atom. The molecule has 0 unspecified atom stereocenters. The fraction of sp³-hybridized carbons (Fsp3) is 0.115. The Morgan fingerprint density at radius 2 is 1.79 bits per heavy atom. The Balaban J connectivity index is 1.48. The molecule has 172 valence electrons. The third-order valence-electron chi connectivity index (χ3n) is 5.25. The van der Waals surface area contributed by atoms with Crippen molar-refractivity contribution in [2.75, 3.05) is 13.7 Å². The SMILES string of the molecule is COc1ccc(C(O)=Cc2nc3ccc(C(=O)NCCc4ccc(Cl)cc4)cc3[nH]c2=O)cc1. The molecule has 4 rings (SSSR count). The number of carbonyl (C=O) groups excluding carboxylic acids is 1. The molecule has 0 saturated carbocycles. The molecule has 0 bridgehead atoms. The molecule has 0 atom stereocenters. The van der Waals surface area contributed by atoms with Gasteiger partial charge in [-0.2, -0.15) is 0 Å². The Bertz CT molecular complexity index is 1410. The third kappa shape index (κ3) is 5.44. The van der Waals surface area contributed by atoms with Crippen LogP contribution in [-0.2, 0) is 6.42 Å². The molecule has 8 heteroatoms. The lowest BCUT2D eigenvalue weighted by molar-refractivity contribution is 0.0954. The van der Waals surface area contributed by atoms with Crippen LogP contribution in [-0.4, -0.2) is 34.6 Å². The maximum absolute atomic E-state index is 12.5. The van der Waals surface area contributed by atoms with Crippen LogP contribution in [0.15, 0.2) is 71.5 Å². The van der Waals surface area contributed by atoms with Gasteiger partial charge in [-0.25, -0.2) is 4.98 Å². The number of amides is 1. The van der Waals surface area contributed by atoms with Crippen molar-refractivity contribution >= 4 is 40.4 Å². The van der Waals surface area contributed by atoms with Gasteiger partial charge in [-0.15, -0.1) is 0 Å². The van der Waals surface area contributed by atoms with Crippen LogP contribution in [0.4, 0.5) is 0 Å². The standard InChI is InChI=1S/C26H22ClN3O4/c1-34-20-9-4-17(5-10-20)24(31)15-23-26(33)30-22-14-18(6-11-21(22)29-23)25(32)28-13-12-16-2-7-19(27)8-3-16/h2-11,14-15,31H,12-13H2,1H3,(H,28,32)(H,30,33). The zero-order valence-corrected chi connectivity index (χ0v) is 19.1. The van der Waals surface area contributed by atoms with E-state index < -0.39 is 5.56 Å². The van der Waals surface area contributed by atoms with Crippen LogP contribution in [0.1, 0.15) is 27.2 Å². The molecular formula is C26H22ClN3O4. The summed E-state index contributed by atoms with van der Waals surface area (Å²) in [5, 5.41) is 13.9. The average molecular weight is 476 g/mol. The van der Waals surface area contributed by atoms with Gasteiger partial charge in [0, 0.05) is 28.8 Å². The molecule has 0 aliphatic carbocycles. The predicted molar refractivity (Wildman–Crippen MR) is 133 cm³/mol. The largest absolute Gasteiger partial charge is 0.507 e. The van der Waals surface area contributed by atoms with Crippen molar-refractivity contribution in [3.05, 3.63) is 104 Å². The number of carbonyl (C=O) groups is 1. The van der Waals surface area contributed by atoms with Gasteiger partial charge in [0.15, 0.2) is 0 Å². The predicted octanol–water partition coefficient (Wildman–Crippen LogP) is 4.61. The van der Waals surface area contributed by atoms with Crippen LogP contribution < -0.4 is 15.6 Å².